The summed E-state index contributed by atoms with van der Waals surface area (Å²) in [5.41, 5.74) is -0.623. The van der Waals surface area contributed by atoms with E-state index in [-0.39, 0.29) is 0 Å². The lowest BCUT2D eigenvalue weighted by molar-refractivity contribution is -0.0618. The summed E-state index contributed by atoms with van der Waals surface area (Å²) in [5, 5.41) is 13.4. The van der Waals surface area contributed by atoms with E-state index in [9.17, 15) is 5.11 Å². The van der Waals surface area contributed by atoms with Gasteiger partial charge >= 0.3 is 0 Å². The highest BCUT2D eigenvalue weighted by Gasteiger charge is 2.29. The molecule has 0 aliphatic carbocycles. The minimum absolute atomic E-state index is 0.578. The molecule has 2 rings (SSSR count). The summed E-state index contributed by atoms with van der Waals surface area (Å²) in [6.45, 7) is 2.50. The zero-order chi connectivity index (χ0) is 11.4. The van der Waals surface area contributed by atoms with E-state index in [0.717, 1.165) is 10.4 Å². The summed E-state index contributed by atoms with van der Waals surface area (Å²) in [6.07, 6.45) is 1.39. The van der Waals surface area contributed by atoms with Crippen molar-refractivity contribution in [2.45, 2.75) is 25.0 Å². The Balaban J connectivity index is 1.74. The number of nitrogens with one attached hydrogen (secondary N) is 1. The summed E-state index contributed by atoms with van der Waals surface area (Å²) in [4.78, 5) is 0. The number of aliphatic hydroxyl groups is 1. The predicted molar refractivity (Wildman–Crippen MR) is 63.1 cm³/mol. The van der Waals surface area contributed by atoms with Gasteiger partial charge in [-0.25, -0.2) is 0 Å². The molecule has 2 N–H and O–H groups in total. The van der Waals surface area contributed by atoms with Crippen molar-refractivity contribution >= 4 is 15.9 Å². The lowest BCUT2D eigenvalue weighted by atomic mass is 9.94. The zero-order valence-electron chi connectivity index (χ0n) is 9.04. The summed E-state index contributed by atoms with van der Waals surface area (Å²) in [7, 11) is 0. The molecule has 1 saturated heterocycles. The lowest BCUT2D eigenvalue weighted by Crippen LogP contribution is -2.44. The molecule has 1 aromatic heterocycles. The van der Waals surface area contributed by atoms with Crippen LogP contribution in [0.25, 0.3) is 0 Å². The van der Waals surface area contributed by atoms with Crippen LogP contribution in [0, 0.1) is 0 Å². The number of halogens is 1. The maximum Gasteiger partial charge on any atom is 0.169 e. The van der Waals surface area contributed by atoms with E-state index in [4.69, 9.17) is 9.15 Å². The molecule has 0 amide bonds. The van der Waals surface area contributed by atoms with Gasteiger partial charge in [-0.2, -0.15) is 0 Å². The van der Waals surface area contributed by atoms with Gasteiger partial charge in [0.2, 0.25) is 0 Å². The van der Waals surface area contributed by atoms with Crippen LogP contribution in [0.3, 0.4) is 0 Å². The molecule has 0 atom stereocenters. The minimum atomic E-state index is -0.623. The first kappa shape index (κ1) is 12.1. The van der Waals surface area contributed by atoms with Crippen LogP contribution in [0.1, 0.15) is 18.6 Å². The van der Waals surface area contributed by atoms with Crippen LogP contribution in [0.5, 0.6) is 0 Å². The number of hydrogen-bond donors (Lipinski definition) is 2. The first-order valence-corrected chi connectivity index (χ1v) is 6.22. The van der Waals surface area contributed by atoms with E-state index in [2.05, 4.69) is 21.2 Å². The largest absolute Gasteiger partial charge is 0.453 e. The van der Waals surface area contributed by atoms with Gasteiger partial charge in [0, 0.05) is 32.6 Å². The molecule has 90 valence electrons. The number of ether oxygens (including phenoxy) is 1. The fraction of sp³-hybridized carbons (Fsp3) is 0.636. The molecule has 0 radical (unpaired) electrons. The molecule has 1 aliphatic rings. The molecule has 2 heterocycles. The van der Waals surface area contributed by atoms with Gasteiger partial charge in [0.15, 0.2) is 4.67 Å². The van der Waals surface area contributed by atoms with E-state index >= 15 is 0 Å². The van der Waals surface area contributed by atoms with Gasteiger partial charge in [0.1, 0.15) is 5.76 Å². The van der Waals surface area contributed by atoms with Crippen molar-refractivity contribution in [3.8, 4) is 0 Å². The second-order valence-electron chi connectivity index (χ2n) is 4.15. The van der Waals surface area contributed by atoms with E-state index in [0.29, 0.717) is 39.1 Å². The summed E-state index contributed by atoms with van der Waals surface area (Å²) >= 11 is 3.25. The standard InChI is InChI=1S/C11H16BrNO3/c12-10-2-1-9(16-10)7-13-8-11(14)3-5-15-6-4-11/h1-2,13-14H,3-8H2. The first-order chi connectivity index (χ1) is 7.68. The maximum absolute atomic E-state index is 10.2. The Hall–Kier alpha value is -0.360. The highest BCUT2D eigenvalue weighted by atomic mass is 79.9. The van der Waals surface area contributed by atoms with Crippen molar-refractivity contribution in [3.63, 3.8) is 0 Å². The molecule has 0 unspecified atom stereocenters. The monoisotopic (exact) mass is 289 g/mol. The van der Waals surface area contributed by atoms with E-state index in [1.807, 2.05) is 12.1 Å². The van der Waals surface area contributed by atoms with Gasteiger partial charge < -0.3 is 19.6 Å². The van der Waals surface area contributed by atoms with Crippen molar-refractivity contribution in [3.05, 3.63) is 22.6 Å². The fourth-order valence-electron chi connectivity index (χ4n) is 1.79. The Morgan fingerprint density at radius 2 is 2.12 bits per heavy atom. The van der Waals surface area contributed by atoms with Crippen LogP contribution in [-0.4, -0.2) is 30.5 Å². The Bertz CT molecular complexity index is 334. The highest BCUT2D eigenvalue weighted by molar-refractivity contribution is 9.10. The van der Waals surface area contributed by atoms with Crippen molar-refractivity contribution in [1.29, 1.82) is 0 Å². The van der Waals surface area contributed by atoms with E-state index in [1.165, 1.54) is 0 Å². The third-order valence-corrected chi connectivity index (χ3v) is 3.23. The molecular weight excluding hydrogens is 274 g/mol. The lowest BCUT2D eigenvalue weighted by Gasteiger charge is -2.32. The Morgan fingerprint density at radius 3 is 2.75 bits per heavy atom. The van der Waals surface area contributed by atoms with Crippen molar-refractivity contribution in [1.82, 2.24) is 5.32 Å². The number of hydrogen-bond acceptors (Lipinski definition) is 4. The maximum atomic E-state index is 10.2. The molecular formula is C11H16BrNO3. The van der Waals surface area contributed by atoms with E-state index < -0.39 is 5.60 Å². The quantitative estimate of drug-likeness (QED) is 0.885. The van der Waals surface area contributed by atoms with E-state index in [1.54, 1.807) is 0 Å². The van der Waals surface area contributed by atoms with Crippen LogP contribution in [0.15, 0.2) is 21.2 Å². The average Bonchev–Trinajstić information content (AvgIpc) is 2.65. The average molecular weight is 290 g/mol. The Labute approximate surface area is 103 Å². The van der Waals surface area contributed by atoms with Crippen molar-refractivity contribution < 1.29 is 14.3 Å². The SMILES string of the molecule is OC1(CNCc2ccc(Br)o2)CCOCC1. The summed E-state index contributed by atoms with van der Waals surface area (Å²) < 4.78 is 11.3. The van der Waals surface area contributed by atoms with Gasteiger partial charge in [-0.3, -0.25) is 0 Å². The first-order valence-electron chi connectivity index (χ1n) is 5.43. The van der Waals surface area contributed by atoms with Gasteiger partial charge in [-0.1, -0.05) is 0 Å². The molecule has 16 heavy (non-hydrogen) atoms. The smallest absolute Gasteiger partial charge is 0.169 e. The normalized spacial score (nSPS) is 19.9. The van der Waals surface area contributed by atoms with Gasteiger partial charge in [0.25, 0.3) is 0 Å². The molecule has 1 fully saturated rings. The number of rotatable bonds is 4. The predicted octanol–water partition coefficient (Wildman–Crippen LogP) is 1.67. The number of furan rings is 1. The summed E-state index contributed by atoms with van der Waals surface area (Å²) in [6, 6.07) is 3.77. The molecule has 1 aromatic rings. The third kappa shape index (κ3) is 3.31. The molecule has 4 nitrogen and oxygen atoms in total. The van der Waals surface area contributed by atoms with Crippen LogP contribution < -0.4 is 5.32 Å². The topological polar surface area (TPSA) is 54.6 Å². The zero-order valence-corrected chi connectivity index (χ0v) is 10.6. The van der Waals surface area contributed by atoms with Crippen LogP contribution >= 0.6 is 15.9 Å². The molecule has 0 aromatic carbocycles. The Morgan fingerprint density at radius 1 is 1.38 bits per heavy atom. The molecule has 5 heteroatoms. The fourth-order valence-corrected chi connectivity index (χ4v) is 2.13. The van der Waals surface area contributed by atoms with Gasteiger partial charge in [-0.15, -0.1) is 0 Å². The van der Waals surface area contributed by atoms with Gasteiger partial charge in [0.05, 0.1) is 12.1 Å². The van der Waals surface area contributed by atoms with Crippen molar-refractivity contribution in [2.75, 3.05) is 19.8 Å². The summed E-state index contributed by atoms with van der Waals surface area (Å²) in [5.74, 6) is 0.863. The Kier molecular flexibility index (Phi) is 4.02. The third-order valence-electron chi connectivity index (χ3n) is 2.81. The minimum Gasteiger partial charge on any atom is -0.453 e. The highest BCUT2D eigenvalue weighted by Crippen LogP contribution is 2.19. The van der Waals surface area contributed by atoms with Gasteiger partial charge in [-0.05, 0) is 28.1 Å². The molecule has 0 saturated carbocycles. The molecule has 0 bridgehead atoms. The van der Waals surface area contributed by atoms with Crippen LogP contribution in [0.2, 0.25) is 0 Å². The molecule has 1 aliphatic heterocycles. The second kappa shape index (κ2) is 5.31. The second-order valence-corrected chi connectivity index (χ2v) is 4.93. The van der Waals surface area contributed by atoms with Crippen LogP contribution in [-0.2, 0) is 11.3 Å². The molecule has 0 spiro atoms. The van der Waals surface area contributed by atoms with Crippen molar-refractivity contribution in [2.24, 2.45) is 0 Å². The van der Waals surface area contributed by atoms with Crippen LogP contribution in [0.4, 0.5) is 0 Å².